The van der Waals surface area contributed by atoms with Crippen molar-refractivity contribution < 1.29 is 24.9 Å². The van der Waals surface area contributed by atoms with Crippen molar-refractivity contribution in [1.82, 2.24) is 0 Å². The molecule has 1 aromatic carbocycles. The van der Waals surface area contributed by atoms with Gasteiger partial charge in [0.05, 0.1) is 0 Å². The van der Waals surface area contributed by atoms with E-state index in [9.17, 15) is 14.7 Å². The number of aromatic hydroxyl groups is 1. The van der Waals surface area contributed by atoms with Gasteiger partial charge in [-0.25, -0.2) is 0 Å². The van der Waals surface area contributed by atoms with Gasteiger partial charge in [0.1, 0.15) is 5.75 Å². The highest BCUT2D eigenvalue weighted by Gasteiger charge is 2.26. The molecule has 23 heavy (non-hydrogen) atoms. The number of benzene rings is 1. The largest absolute Gasteiger partial charge is 0.507 e. The van der Waals surface area contributed by atoms with Crippen LogP contribution < -0.4 is 0 Å². The summed E-state index contributed by atoms with van der Waals surface area (Å²) >= 11 is 0. The number of hydrogen-bond donors (Lipinski definition) is 3. The monoisotopic (exact) mass is 322 g/mol. The first-order valence-corrected chi connectivity index (χ1v) is 8.19. The summed E-state index contributed by atoms with van der Waals surface area (Å²) in [6.45, 7) is 4.12. The average molecular weight is 322 g/mol. The zero-order chi connectivity index (χ0) is 17.4. The highest BCUT2D eigenvalue weighted by molar-refractivity contribution is 5.93. The van der Waals surface area contributed by atoms with Gasteiger partial charge in [0.25, 0.3) is 0 Å². The molecule has 0 fully saturated rings. The molecular formula is C18H26O5. The Balaban J connectivity index is 3.14. The van der Waals surface area contributed by atoms with Gasteiger partial charge in [0.15, 0.2) is 5.92 Å². The van der Waals surface area contributed by atoms with Crippen molar-refractivity contribution in [3.05, 3.63) is 28.8 Å². The van der Waals surface area contributed by atoms with Crippen molar-refractivity contribution in [1.29, 1.82) is 0 Å². The van der Waals surface area contributed by atoms with E-state index in [0.29, 0.717) is 18.4 Å². The van der Waals surface area contributed by atoms with Crippen LogP contribution in [0.3, 0.4) is 0 Å². The summed E-state index contributed by atoms with van der Waals surface area (Å²) in [4.78, 5) is 22.2. The van der Waals surface area contributed by atoms with Crippen LogP contribution in [0.4, 0.5) is 0 Å². The van der Waals surface area contributed by atoms with E-state index in [-0.39, 0.29) is 12.2 Å². The van der Waals surface area contributed by atoms with Gasteiger partial charge in [-0.1, -0.05) is 38.8 Å². The molecule has 0 aliphatic carbocycles. The molecule has 3 N–H and O–H groups in total. The highest BCUT2D eigenvalue weighted by atomic mass is 16.4. The minimum atomic E-state index is -1.46. The Morgan fingerprint density at radius 3 is 1.74 bits per heavy atom. The third kappa shape index (κ3) is 5.58. The lowest BCUT2D eigenvalue weighted by Gasteiger charge is -2.14. The second kappa shape index (κ2) is 9.18. The summed E-state index contributed by atoms with van der Waals surface area (Å²) in [5, 5.41) is 28.5. The molecule has 5 heteroatoms. The van der Waals surface area contributed by atoms with Gasteiger partial charge < -0.3 is 15.3 Å². The number of carboxylic acids is 2. The molecule has 0 radical (unpaired) electrons. The van der Waals surface area contributed by atoms with Crippen molar-refractivity contribution in [3.63, 3.8) is 0 Å². The minimum Gasteiger partial charge on any atom is -0.507 e. The molecule has 0 atom stereocenters. The number of carbonyl (C=O) groups is 2. The first kappa shape index (κ1) is 19.0. The number of hydrogen-bond acceptors (Lipinski definition) is 3. The van der Waals surface area contributed by atoms with E-state index in [4.69, 9.17) is 10.2 Å². The number of phenolic OH excluding ortho intramolecular Hbond substituents is 1. The van der Waals surface area contributed by atoms with Gasteiger partial charge in [-0.15, -0.1) is 0 Å². The Hall–Kier alpha value is -2.04. The van der Waals surface area contributed by atoms with Crippen molar-refractivity contribution in [2.75, 3.05) is 0 Å². The van der Waals surface area contributed by atoms with Gasteiger partial charge in [-0.05, 0) is 48.8 Å². The van der Waals surface area contributed by atoms with Gasteiger partial charge in [-0.2, -0.15) is 0 Å². The van der Waals surface area contributed by atoms with E-state index in [1.54, 1.807) is 12.1 Å². The zero-order valence-electron chi connectivity index (χ0n) is 13.8. The van der Waals surface area contributed by atoms with Gasteiger partial charge in [-0.3, -0.25) is 9.59 Å². The van der Waals surface area contributed by atoms with Crippen LogP contribution in [0.5, 0.6) is 5.75 Å². The Kier molecular flexibility index (Phi) is 7.59. The predicted molar refractivity (Wildman–Crippen MR) is 87.8 cm³/mol. The number of rotatable bonds is 10. The quantitative estimate of drug-likeness (QED) is 0.574. The first-order chi connectivity index (χ1) is 10.9. The van der Waals surface area contributed by atoms with Gasteiger partial charge in [0, 0.05) is 0 Å². The fourth-order valence-corrected chi connectivity index (χ4v) is 2.58. The minimum absolute atomic E-state index is 0.0663. The van der Waals surface area contributed by atoms with Crippen LogP contribution in [0.2, 0.25) is 0 Å². The molecule has 0 heterocycles. The smallest absolute Gasteiger partial charge is 0.318 e. The van der Waals surface area contributed by atoms with Crippen LogP contribution in [0.15, 0.2) is 12.1 Å². The Labute approximate surface area is 137 Å². The maximum atomic E-state index is 11.1. The van der Waals surface area contributed by atoms with Crippen LogP contribution in [0, 0.1) is 5.92 Å². The molecular weight excluding hydrogens is 296 g/mol. The Morgan fingerprint density at radius 1 is 0.957 bits per heavy atom. The van der Waals surface area contributed by atoms with Crippen molar-refractivity contribution in [3.8, 4) is 5.75 Å². The van der Waals surface area contributed by atoms with E-state index in [1.165, 1.54) is 0 Å². The van der Waals surface area contributed by atoms with Crippen molar-refractivity contribution >= 4 is 11.9 Å². The molecule has 5 nitrogen and oxygen atoms in total. The fourth-order valence-electron chi connectivity index (χ4n) is 2.58. The number of aryl methyl sites for hydroxylation is 2. The molecule has 128 valence electrons. The molecule has 1 rings (SSSR count). The molecule has 0 amide bonds. The van der Waals surface area contributed by atoms with Crippen LogP contribution in [0.25, 0.3) is 0 Å². The summed E-state index contributed by atoms with van der Waals surface area (Å²) in [6.07, 6.45) is 5.17. The summed E-state index contributed by atoms with van der Waals surface area (Å²) in [6, 6.07) is 3.50. The van der Waals surface area contributed by atoms with Crippen molar-refractivity contribution in [2.24, 2.45) is 5.92 Å². The maximum Gasteiger partial charge on any atom is 0.318 e. The summed E-state index contributed by atoms with van der Waals surface area (Å²) < 4.78 is 0. The van der Waals surface area contributed by atoms with E-state index in [1.807, 2.05) is 0 Å². The van der Waals surface area contributed by atoms with Crippen molar-refractivity contribution in [2.45, 2.75) is 58.8 Å². The zero-order valence-corrected chi connectivity index (χ0v) is 13.8. The standard InChI is InChI=1S/C18H26O5/c1-3-5-7-13-9-12(11-15(17(20)21)18(22)23)10-14(16(13)19)8-6-4-2/h9-10,15,19H,3-8,11H2,1-2H3,(H,20,21)(H,22,23). The van der Waals surface area contributed by atoms with Gasteiger partial charge >= 0.3 is 11.9 Å². The van der Waals surface area contributed by atoms with E-state index >= 15 is 0 Å². The molecule has 0 saturated carbocycles. The number of carboxylic acid groups (broad SMARTS) is 2. The fraction of sp³-hybridized carbons (Fsp3) is 0.556. The Morgan fingerprint density at radius 2 is 1.39 bits per heavy atom. The SMILES string of the molecule is CCCCc1cc(CC(C(=O)O)C(=O)O)cc(CCCC)c1O. The summed E-state index contributed by atoms with van der Waals surface area (Å²) in [5.74, 6) is -3.86. The number of unbranched alkanes of at least 4 members (excludes halogenated alkanes) is 2. The highest BCUT2D eigenvalue weighted by Crippen LogP contribution is 2.29. The second-order valence-electron chi connectivity index (χ2n) is 5.90. The number of aliphatic carboxylic acids is 2. The summed E-state index contributed by atoms with van der Waals surface area (Å²) in [7, 11) is 0. The lowest BCUT2D eigenvalue weighted by atomic mass is 9.92. The third-order valence-corrected chi connectivity index (χ3v) is 3.96. The first-order valence-electron chi connectivity index (χ1n) is 8.19. The van der Waals surface area contributed by atoms with Crippen LogP contribution in [0.1, 0.15) is 56.2 Å². The average Bonchev–Trinajstić information content (AvgIpc) is 2.50. The molecule has 0 saturated heterocycles. The lowest BCUT2D eigenvalue weighted by Crippen LogP contribution is -2.25. The van der Waals surface area contributed by atoms with E-state index in [2.05, 4.69) is 13.8 Å². The molecule has 0 aliphatic heterocycles. The molecule has 0 aliphatic rings. The number of phenols is 1. The third-order valence-electron chi connectivity index (χ3n) is 3.96. The van der Waals surface area contributed by atoms with Crippen LogP contribution in [-0.4, -0.2) is 27.3 Å². The van der Waals surface area contributed by atoms with Crippen LogP contribution in [-0.2, 0) is 28.9 Å². The van der Waals surface area contributed by atoms with Crippen LogP contribution >= 0.6 is 0 Å². The molecule has 0 bridgehead atoms. The maximum absolute atomic E-state index is 11.1. The topological polar surface area (TPSA) is 94.8 Å². The van der Waals surface area contributed by atoms with Gasteiger partial charge in [0.2, 0.25) is 0 Å². The predicted octanol–water partition coefficient (Wildman–Crippen LogP) is 3.41. The summed E-state index contributed by atoms with van der Waals surface area (Å²) in [5.41, 5.74) is 2.23. The molecule has 0 spiro atoms. The van der Waals surface area contributed by atoms with E-state index in [0.717, 1.165) is 36.8 Å². The normalized spacial score (nSPS) is 10.9. The lowest BCUT2D eigenvalue weighted by molar-refractivity contribution is -0.154. The second-order valence-corrected chi connectivity index (χ2v) is 5.90. The molecule has 0 unspecified atom stereocenters. The Bertz CT molecular complexity index is 507. The molecule has 1 aromatic rings. The van der Waals surface area contributed by atoms with E-state index < -0.39 is 17.9 Å². The molecule has 0 aromatic heterocycles.